The zero-order valence-corrected chi connectivity index (χ0v) is 13.3. The Morgan fingerprint density at radius 1 is 1.38 bits per heavy atom. The van der Waals surface area contributed by atoms with Gasteiger partial charge in [-0.2, -0.15) is 0 Å². The lowest BCUT2D eigenvalue weighted by molar-refractivity contribution is 0.461. The first kappa shape index (κ1) is 16.2. The van der Waals surface area contributed by atoms with E-state index in [1.807, 2.05) is 0 Å². The van der Waals surface area contributed by atoms with Gasteiger partial charge in [-0.05, 0) is 32.4 Å². The number of benzene rings is 1. The fourth-order valence-corrected chi connectivity index (χ4v) is 5.97. The van der Waals surface area contributed by atoms with Crippen LogP contribution in [0.3, 0.4) is 0 Å². The van der Waals surface area contributed by atoms with Crippen molar-refractivity contribution in [2.75, 3.05) is 17.2 Å². The summed E-state index contributed by atoms with van der Waals surface area (Å²) in [4.78, 5) is -0.311. The van der Waals surface area contributed by atoms with Crippen molar-refractivity contribution in [3.8, 4) is 0 Å². The molecular formula is C12H17FN2O4S2. The van der Waals surface area contributed by atoms with Gasteiger partial charge in [-0.25, -0.2) is 25.9 Å². The minimum Gasteiger partial charge on any atom is -0.398 e. The SMILES string of the molecule is Cc1c(N)cc(S(=O)(=O)NC2(C)CCS(=O)(=O)C2)cc1F. The molecule has 0 amide bonds. The molecule has 0 aliphatic carbocycles. The molecule has 1 aromatic rings. The second-order valence-electron chi connectivity index (χ2n) is 5.63. The predicted octanol–water partition coefficient (Wildman–Crippen LogP) is 0.572. The molecule has 6 nitrogen and oxygen atoms in total. The molecule has 0 saturated carbocycles. The molecule has 9 heteroatoms. The van der Waals surface area contributed by atoms with Crippen LogP contribution in [-0.4, -0.2) is 33.9 Å². The second kappa shape index (κ2) is 4.92. The van der Waals surface area contributed by atoms with Crippen LogP contribution in [0.2, 0.25) is 0 Å². The maximum Gasteiger partial charge on any atom is 0.241 e. The number of halogens is 1. The van der Waals surface area contributed by atoms with Gasteiger partial charge < -0.3 is 5.73 Å². The number of nitrogens with two attached hydrogens (primary N) is 1. The summed E-state index contributed by atoms with van der Waals surface area (Å²) < 4.78 is 63.6. The van der Waals surface area contributed by atoms with E-state index < -0.39 is 31.2 Å². The third-order valence-corrected chi connectivity index (χ3v) is 7.07. The smallest absolute Gasteiger partial charge is 0.241 e. The van der Waals surface area contributed by atoms with E-state index in [-0.39, 0.29) is 34.1 Å². The lowest BCUT2D eigenvalue weighted by atomic mass is 10.0. The topological polar surface area (TPSA) is 106 Å². The summed E-state index contributed by atoms with van der Waals surface area (Å²) in [6.45, 7) is 2.96. The molecule has 21 heavy (non-hydrogen) atoms. The van der Waals surface area contributed by atoms with Crippen molar-refractivity contribution in [3.63, 3.8) is 0 Å². The van der Waals surface area contributed by atoms with Crippen LogP contribution in [-0.2, 0) is 19.9 Å². The summed E-state index contributed by atoms with van der Waals surface area (Å²) in [5.41, 5.74) is 4.68. The molecule has 1 aliphatic heterocycles. The molecule has 0 radical (unpaired) electrons. The Hall–Kier alpha value is -1.19. The van der Waals surface area contributed by atoms with E-state index in [1.165, 1.54) is 13.8 Å². The Bertz CT molecular complexity index is 766. The van der Waals surface area contributed by atoms with Crippen molar-refractivity contribution < 1.29 is 21.2 Å². The first-order valence-electron chi connectivity index (χ1n) is 6.24. The molecule has 1 aliphatic rings. The Balaban J connectivity index is 2.36. The molecule has 3 N–H and O–H groups in total. The zero-order valence-electron chi connectivity index (χ0n) is 11.7. The van der Waals surface area contributed by atoms with Gasteiger partial charge in [0.05, 0.1) is 16.4 Å². The van der Waals surface area contributed by atoms with Crippen LogP contribution in [0.5, 0.6) is 0 Å². The molecule has 1 fully saturated rings. The van der Waals surface area contributed by atoms with Crippen molar-refractivity contribution in [3.05, 3.63) is 23.5 Å². The average molecular weight is 336 g/mol. The molecular weight excluding hydrogens is 319 g/mol. The van der Waals surface area contributed by atoms with E-state index in [4.69, 9.17) is 5.73 Å². The summed E-state index contributed by atoms with van der Waals surface area (Å²) in [5, 5.41) is 0. The lowest BCUT2D eigenvalue weighted by Gasteiger charge is -2.23. The molecule has 1 heterocycles. The highest BCUT2D eigenvalue weighted by molar-refractivity contribution is 7.92. The molecule has 1 saturated heterocycles. The van der Waals surface area contributed by atoms with Gasteiger partial charge >= 0.3 is 0 Å². The van der Waals surface area contributed by atoms with Gasteiger partial charge in [-0.1, -0.05) is 0 Å². The van der Waals surface area contributed by atoms with Crippen molar-refractivity contribution >= 4 is 25.5 Å². The minimum absolute atomic E-state index is 0.0274. The summed E-state index contributed by atoms with van der Waals surface area (Å²) in [6, 6.07) is 2.04. The third kappa shape index (κ3) is 3.35. The van der Waals surface area contributed by atoms with Gasteiger partial charge in [-0.3, -0.25) is 0 Å². The molecule has 0 aromatic heterocycles. The molecule has 0 spiro atoms. The van der Waals surface area contributed by atoms with E-state index in [1.54, 1.807) is 0 Å². The van der Waals surface area contributed by atoms with E-state index in [0.717, 1.165) is 12.1 Å². The van der Waals surface area contributed by atoms with Gasteiger partial charge in [0, 0.05) is 16.8 Å². The Morgan fingerprint density at radius 2 is 2.00 bits per heavy atom. The first-order valence-corrected chi connectivity index (χ1v) is 9.55. The normalized spacial score (nSPS) is 25.1. The van der Waals surface area contributed by atoms with Crippen LogP contribution in [0.25, 0.3) is 0 Å². The number of nitrogen functional groups attached to an aromatic ring is 1. The van der Waals surface area contributed by atoms with E-state index in [9.17, 15) is 21.2 Å². The molecule has 1 unspecified atom stereocenters. The number of anilines is 1. The molecule has 118 valence electrons. The van der Waals surface area contributed by atoms with Crippen molar-refractivity contribution in [2.45, 2.75) is 30.7 Å². The van der Waals surface area contributed by atoms with E-state index in [0.29, 0.717) is 0 Å². The maximum atomic E-state index is 13.6. The van der Waals surface area contributed by atoms with Gasteiger partial charge in [-0.15, -0.1) is 0 Å². The highest BCUT2D eigenvalue weighted by Gasteiger charge is 2.41. The van der Waals surface area contributed by atoms with Gasteiger partial charge in [0.1, 0.15) is 5.82 Å². The molecule has 1 aromatic carbocycles. The largest absolute Gasteiger partial charge is 0.398 e. The number of sulfone groups is 1. The van der Waals surface area contributed by atoms with Crippen molar-refractivity contribution in [1.82, 2.24) is 4.72 Å². The number of nitrogens with one attached hydrogen (secondary N) is 1. The van der Waals surface area contributed by atoms with Crippen LogP contribution in [0, 0.1) is 12.7 Å². The molecule has 2 rings (SSSR count). The second-order valence-corrected chi connectivity index (χ2v) is 9.49. The average Bonchev–Trinajstić information content (AvgIpc) is 2.58. The fourth-order valence-electron chi connectivity index (χ4n) is 2.30. The lowest BCUT2D eigenvalue weighted by Crippen LogP contribution is -2.46. The standard InChI is InChI=1S/C12H17FN2O4S2/c1-8-10(13)5-9(6-11(8)14)21(18,19)15-12(2)3-4-20(16,17)7-12/h5-6,15H,3-4,7,14H2,1-2H3. The Kier molecular flexibility index (Phi) is 3.79. The van der Waals surface area contributed by atoms with E-state index in [2.05, 4.69) is 4.72 Å². The summed E-state index contributed by atoms with van der Waals surface area (Å²) >= 11 is 0. The molecule has 1 atom stereocenters. The number of sulfonamides is 1. The van der Waals surface area contributed by atoms with Crippen molar-refractivity contribution in [1.29, 1.82) is 0 Å². The summed E-state index contributed by atoms with van der Waals surface area (Å²) in [6.07, 6.45) is 0.179. The van der Waals surface area contributed by atoms with E-state index >= 15 is 0 Å². The number of hydrogen-bond donors (Lipinski definition) is 2. The van der Waals surface area contributed by atoms with Gasteiger partial charge in [0.25, 0.3) is 0 Å². The maximum absolute atomic E-state index is 13.6. The van der Waals surface area contributed by atoms with Crippen molar-refractivity contribution in [2.24, 2.45) is 0 Å². The highest BCUT2D eigenvalue weighted by atomic mass is 32.2. The zero-order chi connectivity index (χ0) is 16.1. The van der Waals surface area contributed by atoms with Crippen LogP contribution in [0.4, 0.5) is 10.1 Å². The Labute approximate surface area is 123 Å². The first-order chi connectivity index (χ1) is 9.44. The van der Waals surface area contributed by atoms with Gasteiger partial charge in [0.15, 0.2) is 9.84 Å². The molecule has 0 bridgehead atoms. The Morgan fingerprint density at radius 3 is 2.48 bits per heavy atom. The van der Waals surface area contributed by atoms with Crippen LogP contribution >= 0.6 is 0 Å². The quantitative estimate of drug-likeness (QED) is 0.785. The monoisotopic (exact) mass is 336 g/mol. The number of rotatable bonds is 3. The summed E-state index contributed by atoms with van der Waals surface area (Å²) in [5.74, 6) is -1.07. The predicted molar refractivity (Wildman–Crippen MR) is 77.5 cm³/mol. The van der Waals surface area contributed by atoms with Crippen LogP contribution in [0.1, 0.15) is 18.9 Å². The third-order valence-electron chi connectivity index (χ3n) is 3.55. The fraction of sp³-hybridized carbons (Fsp3) is 0.500. The van der Waals surface area contributed by atoms with Crippen LogP contribution < -0.4 is 10.5 Å². The summed E-state index contributed by atoms with van der Waals surface area (Å²) in [7, 11) is -7.31. The highest BCUT2D eigenvalue weighted by Crippen LogP contribution is 2.27. The van der Waals surface area contributed by atoms with Gasteiger partial charge in [0.2, 0.25) is 10.0 Å². The van der Waals surface area contributed by atoms with Crippen LogP contribution in [0.15, 0.2) is 17.0 Å². The number of hydrogen-bond acceptors (Lipinski definition) is 5. The minimum atomic E-state index is -4.05.